The van der Waals surface area contributed by atoms with E-state index in [9.17, 15) is 9.59 Å². The second-order valence-corrected chi connectivity index (χ2v) is 6.26. The Balaban J connectivity index is 1.53. The van der Waals surface area contributed by atoms with Gasteiger partial charge in [0.15, 0.2) is 0 Å². The Labute approximate surface area is 169 Å². The fraction of sp³-hybridized carbons (Fsp3) is 0.182. The molecule has 7 heteroatoms. The maximum atomic E-state index is 12.2. The quantitative estimate of drug-likeness (QED) is 0.586. The van der Waals surface area contributed by atoms with Crippen LogP contribution in [0, 0.1) is 0 Å². The van der Waals surface area contributed by atoms with E-state index in [1.54, 1.807) is 48.8 Å². The van der Waals surface area contributed by atoms with Crippen LogP contribution in [0.1, 0.15) is 21.0 Å². The number of pyridine rings is 2. The average molecular weight is 389 g/mol. The van der Waals surface area contributed by atoms with Crippen molar-refractivity contribution in [2.45, 2.75) is 0 Å². The Morgan fingerprint density at radius 1 is 0.690 bits per heavy atom. The minimum atomic E-state index is -0.206. The summed E-state index contributed by atoms with van der Waals surface area (Å²) < 4.78 is 0. The number of nitrogens with one attached hydrogen (secondary N) is 2. The van der Waals surface area contributed by atoms with Gasteiger partial charge in [-0.2, -0.15) is 0 Å². The molecule has 2 amide bonds. The van der Waals surface area contributed by atoms with E-state index in [-0.39, 0.29) is 11.8 Å². The summed E-state index contributed by atoms with van der Waals surface area (Å²) in [6, 6.07) is 20.3. The molecular weight excluding hydrogens is 366 g/mol. The molecular formula is C22H23N5O2. The molecule has 0 radical (unpaired) electrons. The van der Waals surface area contributed by atoms with Crippen molar-refractivity contribution < 1.29 is 9.59 Å². The zero-order valence-electron chi connectivity index (χ0n) is 16.0. The summed E-state index contributed by atoms with van der Waals surface area (Å²) in [5.74, 6) is -0.413. The minimum absolute atomic E-state index is 0.206. The van der Waals surface area contributed by atoms with Gasteiger partial charge in [0, 0.05) is 44.3 Å². The number of rotatable bonds is 9. The summed E-state index contributed by atoms with van der Waals surface area (Å²) in [7, 11) is 0. The van der Waals surface area contributed by atoms with Gasteiger partial charge in [-0.25, -0.2) is 0 Å². The van der Waals surface area contributed by atoms with Gasteiger partial charge < -0.3 is 15.5 Å². The number of carbonyl (C=O) groups excluding carboxylic acids is 2. The number of para-hydroxylation sites is 1. The average Bonchev–Trinajstić information content (AvgIpc) is 2.79. The van der Waals surface area contributed by atoms with Crippen molar-refractivity contribution in [1.29, 1.82) is 0 Å². The highest BCUT2D eigenvalue weighted by Crippen LogP contribution is 2.12. The predicted octanol–water partition coefficient (Wildman–Crippen LogP) is 2.14. The molecule has 2 heterocycles. The summed E-state index contributed by atoms with van der Waals surface area (Å²) in [4.78, 5) is 34.5. The SMILES string of the molecule is O=C(NCCN(CCNC(=O)c1ccccn1)c1ccccc1)c1ccccn1. The molecule has 0 bridgehead atoms. The number of amides is 2. The summed E-state index contributed by atoms with van der Waals surface area (Å²) in [6.45, 7) is 2.11. The van der Waals surface area contributed by atoms with Gasteiger partial charge in [0.05, 0.1) is 0 Å². The third kappa shape index (κ3) is 6.14. The van der Waals surface area contributed by atoms with Gasteiger partial charge in [-0.3, -0.25) is 19.6 Å². The lowest BCUT2D eigenvalue weighted by molar-refractivity contribution is 0.0943. The smallest absolute Gasteiger partial charge is 0.269 e. The lowest BCUT2D eigenvalue weighted by Gasteiger charge is -2.25. The van der Waals surface area contributed by atoms with E-state index in [1.807, 2.05) is 30.3 Å². The van der Waals surface area contributed by atoms with Crippen LogP contribution in [0.2, 0.25) is 0 Å². The highest BCUT2D eigenvalue weighted by atomic mass is 16.2. The number of hydrogen-bond donors (Lipinski definition) is 2. The molecule has 0 spiro atoms. The molecule has 7 nitrogen and oxygen atoms in total. The van der Waals surface area contributed by atoms with Crippen LogP contribution >= 0.6 is 0 Å². The molecule has 2 N–H and O–H groups in total. The first-order valence-electron chi connectivity index (χ1n) is 9.42. The molecule has 148 valence electrons. The molecule has 0 aliphatic rings. The molecule has 2 aromatic heterocycles. The minimum Gasteiger partial charge on any atom is -0.368 e. The number of aromatic nitrogens is 2. The number of carbonyl (C=O) groups is 2. The first-order valence-corrected chi connectivity index (χ1v) is 9.42. The Morgan fingerprint density at radius 2 is 1.17 bits per heavy atom. The highest BCUT2D eigenvalue weighted by Gasteiger charge is 2.11. The van der Waals surface area contributed by atoms with Gasteiger partial charge in [0.2, 0.25) is 0 Å². The Morgan fingerprint density at radius 3 is 1.62 bits per heavy atom. The van der Waals surface area contributed by atoms with Crippen LogP contribution in [0.5, 0.6) is 0 Å². The van der Waals surface area contributed by atoms with E-state index in [4.69, 9.17) is 0 Å². The summed E-state index contributed by atoms with van der Waals surface area (Å²) >= 11 is 0. The topological polar surface area (TPSA) is 87.2 Å². The van der Waals surface area contributed by atoms with Gasteiger partial charge in [-0.15, -0.1) is 0 Å². The first kappa shape index (κ1) is 20.0. The van der Waals surface area contributed by atoms with E-state index in [0.717, 1.165) is 5.69 Å². The third-order valence-corrected chi connectivity index (χ3v) is 4.25. The van der Waals surface area contributed by atoms with E-state index < -0.39 is 0 Å². The molecule has 0 unspecified atom stereocenters. The van der Waals surface area contributed by atoms with Crippen molar-refractivity contribution in [2.75, 3.05) is 31.1 Å². The van der Waals surface area contributed by atoms with Gasteiger partial charge >= 0.3 is 0 Å². The molecule has 3 aromatic rings. The van der Waals surface area contributed by atoms with E-state index in [0.29, 0.717) is 37.6 Å². The Hall–Kier alpha value is -3.74. The molecule has 0 aliphatic carbocycles. The van der Waals surface area contributed by atoms with Crippen LogP contribution in [-0.2, 0) is 0 Å². The standard InChI is InChI=1S/C22H23N5O2/c28-21(19-10-4-6-12-23-19)25-14-16-27(18-8-2-1-3-9-18)17-15-26-22(29)20-11-5-7-13-24-20/h1-13H,14-17H2,(H,25,28)(H,26,29). The van der Waals surface area contributed by atoms with Crippen LogP contribution in [0.4, 0.5) is 5.69 Å². The van der Waals surface area contributed by atoms with Crippen LogP contribution < -0.4 is 15.5 Å². The van der Waals surface area contributed by atoms with E-state index in [2.05, 4.69) is 25.5 Å². The molecule has 0 atom stereocenters. The molecule has 29 heavy (non-hydrogen) atoms. The van der Waals surface area contributed by atoms with Gasteiger partial charge in [0.25, 0.3) is 11.8 Å². The summed E-state index contributed by atoms with van der Waals surface area (Å²) in [5, 5.41) is 5.77. The Bertz CT molecular complexity index is 847. The van der Waals surface area contributed by atoms with Crippen LogP contribution in [0.15, 0.2) is 79.1 Å². The summed E-state index contributed by atoms with van der Waals surface area (Å²) in [5.41, 5.74) is 1.80. The first-order chi connectivity index (χ1) is 14.2. The molecule has 1 aromatic carbocycles. The fourth-order valence-corrected chi connectivity index (χ4v) is 2.79. The lowest BCUT2D eigenvalue weighted by atomic mass is 10.2. The third-order valence-electron chi connectivity index (χ3n) is 4.25. The maximum Gasteiger partial charge on any atom is 0.269 e. The van der Waals surface area contributed by atoms with Crippen molar-refractivity contribution in [2.24, 2.45) is 0 Å². The zero-order chi connectivity index (χ0) is 20.3. The van der Waals surface area contributed by atoms with Crippen molar-refractivity contribution in [3.8, 4) is 0 Å². The molecule has 0 saturated carbocycles. The molecule has 3 rings (SSSR count). The zero-order valence-corrected chi connectivity index (χ0v) is 16.0. The number of nitrogens with zero attached hydrogens (tertiary/aromatic N) is 3. The van der Waals surface area contributed by atoms with Gasteiger partial charge in [-0.05, 0) is 36.4 Å². The fourth-order valence-electron chi connectivity index (χ4n) is 2.79. The normalized spacial score (nSPS) is 10.2. The van der Waals surface area contributed by atoms with Crippen molar-refractivity contribution in [3.63, 3.8) is 0 Å². The van der Waals surface area contributed by atoms with Crippen molar-refractivity contribution >= 4 is 17.5 Å². The number of anilines is 1. The monoisotopic (exact) mass is 389 g/mol. The number of benzene rings is 1. The van der Waals surface area contributed by atoms with E-state index >= 15 is 0 Å². The molecule has 0 aliphatic heterocycles. The van der Waals surface area contributed by atoms with E-state index in [1.165, 1.54) is 0 Å². The van der Waals surface area contributed by atoms with Gasteiger partial charge in [-0.1, -0.05) is 30.3 Å². The second-order valence-electron chi connectivity index (χ2n) is 6.26. The van der Waals surface area contributed by atoms with Crippen molar-refractivity contribution in [3.05, 3.63) is 90.5 Å². The van der Waals surface area contributed by atoms with Gasteiger partial charge in [0.1, 0.15) is 11.4 Å². The molecule has 0 saturated heterocycles. The van der Waals surface area contributed by atoms with Crippen molar-refractivity contribution in [1.82, 2.24) is 20.6 Å². The lowest BCUT2D eigenvalue weighted by Crippen LogP contribution is -2.40. The second kappa shape index (κ2) is 10.6. The highest BCUT2D eigenvalue weighted by molar-refractivity contribution is 5.92. The largest absolute Gasteiger partial charge is 0.368 e. The van der Waals surface area contributed by atoms with Crippen LogP contribution in [-0.4, -0.2) is 48.0 Å². The maximum absolute atomic E-state index is 12.2. The molecule has 0 fully saturated rings. The Kier molecular flexibility index (Phi) is 7.28. The number of hydrogen-bond acceptors (Lipinski definition) is 5. The summed E-state index contributed by atoms with van der Waals surface area (Å²) in [6.07, 6.45) is 3.19. The predicted molar refractivity (Wildman–Crippen MR) is 112 cm³/mol. The van der Waals surface area contributed by atoms with Crippen LogP contribution in [0.3, 0.4) is 0 Å². The van der Waals surface area contributed by atoms with Crippen LogP contribution in [0.25, 0.3) is 0 Å².